The minimum atomic E-state index is -0.491. The highest BCUT2D eigenvalue weighted by Gasteiger charge is 2.18. The highest BCUT2D eigenvalue weighted by atomic mass is 127. The smallest absolute Gasteiger partial charge is 0.224 e. The van der Waals surface area contributed by atoms with Crippen molar-refractivity contribution in [2.45, 2.75) is 13.1 Å². The molecule has 0 aliphatic heterocycles. The molecule has 0 radical (unpaired) electrons. The number of benzene rings is 2. The number of fused-ring (bicyclic) bond motifs is 4. The van der Waals surface area contributed by atoms with Gasteiger partial charge in [0.1, 0.15) is 44.0 Å². The van der Waals surface area contributed by atoms with E-state index in [4.69, 9.17) is 11.6 Å². The van der Waals surface area contributed by atoms with Crippen LogP contribution in [-0.2, 0) is 13.1 Å². The van der Waals surface area contributed by atoms with Gasteiger partial charge in [0.2, 0.25) is 5.28 Å². The summed E-state index contributed by atoms with van der Waals surface area (Å²) >= 11 is 7.55. The van der Waals surface area contributed by atoms with Crippen LogP contribution < -0.4 is 0 Å². The number of pyridine rings is 2. The lowest BCUT2D eigenvalue weighted by atomic mass is 10.2. The Labute approximate surface area is 331 Å². The molecule has 18 heteroatoms. The molecule has 278 valence electrons. The van der Waals surface area contributed by atoms with Gasteiger partial charge in [0.15, 0.2) is 17.1 Å². The van der Waals surface area contributed by atoms with E-state index in [0.717, 1.165) is 28.8 Å². The lowest BCUT2D eigenvalue weighted by molar-refractivity contribution is 0.587. The number of hydrogen-bond donors (Lipinski definition) is 2. The molecule has 2 aromatic carbocycles. The lowest BCUT2D eigenvalue weighted by Crippen LogP contribution is -2.05. The number of hydrogen-bond acceptors (Lipinski definition) is 8. The number of aromatic amines is 2. The number of nitrogens with one attached hydrogen (secondary N) is 2. The molecule has 8 aromatic heterocycles. The van der Waals surface area contributed by atoms with Gasteiger partial charge in [-0.2, -0.15) is 15.2 Å². The van der Waals surface area contributed by atoms with Crippen molar-refractivity contribution in [2.75, 3.05) is 0 Å². The van der Waals surface area contributed by atoms with Gasteiger partial charge < -0.3 is 9.97 Å². The van der Waals surface area contributed by atoms with Crippen molar-refractivity contribution in [3.05, 3.63) is 153 Å². The van der Waals surface area contributed by atoms with Crippen molar-refractivity contribution in [1.29, 1.82) is 0 Å². The monoisotopic (exact) mass is 886 g/mol. The molecule has 0 bridgehead atoms. The zero-order chi connectivity index (χ0) is 38.8. The molecule has 0 saturated carbocycles. The molecule has 2 N–H and O–H groups in total. The second-order valence-electron chi connectivity index (χ2n) is 12.1. The maximum Gasteiger partial charge on any atom is 0.224 e. The zero-order valence-electron chi connectivity index (χ0n) is 28.5. The summed E-state index contributed by atoms with van der Waals surface area (Å²) in [6, 6.07) is 19.4. The molecule has 0 aliphatic carbocycles. The first-order chi connectivity index (χ1) is 27.2. The summed E-state index contributed by atoms with van der Waals surface area (Å²) in [5.41, 5.74) is 3.79. The van der Waals surface area contributed by atoms with Crippen LogP contribution in [0.2, 0.25) is 5.28 Å². The summed E-state index contributed by atoms with van der Waals surface area (Å²) < 4.78 is 58.4. The van der Waals surface area contributed by atoms with Gasteiger partial charge in [-0.25, -0.2) is 51.8 Å². The van der Waals surface area contributed by atoms with Gasteiger partial charge in [-0.1, -0.05) is 36.4 Å². The maximum absolute atomic E-state index is 14.1. The molecule has 0 unspecified atom stereocenters. The third-order valence-electron chi connectivity index (χ3n) is 8.40. The van der Waals surface area contributed by atoms with Crippen LogP contribution in [0.4, 0.5) is 17.6 Å². The molecule has 10 aromatic rings. The summed E-state index contributed by atoms with van der Waals surface area (Å²) in [6.45, 7) is 0.428. The highest BCUT2D eigenvalue weighted by molar-refractivity contribution is 14.1. The summed E-state index contributed by atoms with van der Waals surface area (Å²) in [4.78, 5) is 30.7. The normalized spacial score (nSPS) is 11.2. The Morgan fingerprint density at radius 3 is 1.77 bits per heavy atom. The number of H-pyrrole nitrogens is 2. The van der Waals surface area contributed by atoms with Gasteiger partial charge in [0, 0.05) is 46.7 Å². The van der Waals surface area contributed by atoms with Crippen LogP contribution in [0, 0.1) is 27.0 Å². The second-order valence-corrected chi connectivity index (χ2v) is 13.4. The molecule has 8 heterocycles. The first-order valence-electron chi connectivity index (χ1n) is 16.6. The minimum absolute atomic E-state index is 0.159. The molecule has 0 saturated heterocycles. The molecule has 12 nitrogen and oxygen atoms in total. The minimum Gasteiger partial charge on any atom is -0.346 e. The first kappa shape index (κ1) is 36.6. The lowest BCUT2D eigenvalue weighted by Gasteiger charge is -2.04. The number of nitrogens with zero attached hydrogens (tertiary/aromatic N) is 10. The van der Waals surface area contributed by atoms with Crippen LogP contribution in [0.3, 0.4) is 0 Å². The molecule has 0 aliphatic rings. The quantitative estimate of drug-likeness (QED) is 0.0993. The van der Waals surface area contributed by atoms with Crippen molar-refractivity contribution >= 4 is 78.3 Å². The molecule has 56 heavy (non-hydrogen) atoms. The topological polar surface area (TPSA) is 145 Å². The van der Waals surface area contributed by atoms with E-state index in [0.29, 0.717) is 54.1 Å². The van der Waals surface area contributed by atoms with Crippen molar-refractivity contribution < 1.29 is 17.6 Å². The first-order valence-corrected chi connectivity index (χ1v) is 18.1. The van der Waals surface area contributed by atoms with Crippen LogP contribution in [0.5, 0.6) is 0 Å². The number of halogens is 6. The standard InChI is InChI=1S/C19H12F2N6.C13H8F2IN3.C6H4ClN3/c20-13-7-14-16(18-23-8-11-5-6-22-17(11)25-18)26-27(19(14)24-9-13)10-12-3-1-2-4-15(12)21;14-9-5-10-12(16)18-19(13(10)17-6-9)7-8-3-1-2-4-11(8)15;7-6-9-3-4-1-2-8-5(4)10-6/h1-9H,10H2,(H,22,23,25);1-6H,7H2;1-3H,(H,8,9,10). The summed E-state index contributed by atoms with van der Waals surface area (Å²) in [6.07, 6.45) is 9.16. The van der Waals surface area contributed by atoms with Crippen LogP contribution in [-0.4, -0.2) is 59.4 Å². The van der Waals surface area contributed by atoms with Gasteiger partial charge in [0.05, 0.1) is 36.3 Å². The van der Waals surface area contributed by atoms with Crippen LogP contribution in [0.25, 0.3) is 55.7 Å². The summed E-state index contributed by atoms with van der Waals surface area (Å²) in [5.74, 6) is -1.18. The van der Waals surface area contributed by atoms with E-state index in [1.54, 1.807) is 65.9 Å². The van der Waals surface area contributed by atoms with Crippen molar-refractivity contribution in [3.8, 4) is 11.5 Å². The fourth-order valence-electron chi connectivity index (χ4n) is 5.76. The molecule has 0 fully saturated rings. The van der Waals surface area contributed by atoms with Gasteiger partial charge in [-0.05, 0) is 70.6 Å². The third-order valence-corrected chi connectivity index (χ3v) is 9.38. The van der Waals surface area contributed by atoms with Crippen LogP contribution >= 0.6 is 34.2 Å². The summed E-state index contributed by atoms with van der Waals surface area (Å²) in [7, 11) is 0. The van der Waals surface area contributed by atoms with Crippen molar-refractivity contribution in [3.63, 3.8) is 0 Å². The van der Waals surface area contributed by atoms with E-state index in [1.807, 2.05) is 34.7 Å². The predicted molar refractivity (Wildman–Crippen MR) is 210 cm³/mol. The van der Waals surface area contributed by atoms with E-state index in [2.05, 4.69) is 50.1 Å². The Morgan fingerprint density at radius 1 is 0.607 bits per heavy atom. The van der Waals surface area contributed by atoms with E-state index in [-0.39, 0.29) is 30.0 Å². The fraction of sp³-hybridized carbons (Fsp3) is 0.0526. The number of aromatic nitrogens is 12. The second kappa shape index (κ2) is 15.8. The average molecular weight is 887 g/mol. The Kier molecular flexibility index (Phi) is 10.3. The van der Waals surface area contributed by atoms with E-state index in [9.17, 15) is 17.6 Å². The van der Waals surface area contributed by atoms with E-state index >= 15 is 0 Å². The van der Waals surface area contributed by atoms with Crippen molar-refractivity contribution in [1.82, 2.24) is 59.4 Å². The van der Waals surface area contributed by atoms with Crippen molar-refractivity contribution in [2.24, 2.45) is 0 Å². The number of rotatable bonds is 5. The zero-order valence-corrected chi connectivity index (χ0v) is 31.5. The molecule has 0 atom stereocenters. The predicted octanol–water partition coefficient (Wildman–Crippen LogP) is 8.67. The van der Waals surface area contributed by atoms with Gasteiger partial charge in [-0.15, -0.1) is 0 Å². The molecular weight excluding hydrogens is 863 g/mol. The van der Waals surface area contributed by atoms with Gasteiger partial charge in [-0.3, -0.25) is 0 Å². The van der Waals surface area contributed by atoms with Gasteiger partial charge >= 0.3 is 0 Å². The third kappa shape index (κ3) is 7.76. The maximum atomic E-state index is 14.1. The Bertz CT molecular complexity index is 3000. The summed E-state index contributed by atoms with van der Waals surface area (Å²) in [5, 5.41) is 12.0. The van der Waals surface area contributed by atoms with E-state index in [1.165, 1.54) is 28.9 Å². The Balaban J connectivity index is 0.000000131. The average Bonchev–Trinajstić information content (AvgIpc) is 4.00. The SMILES string of the molecule is Clc1ncc2cc[nH]c2n1.Fc1cnc2c(c1)c(-c1ncc3cc[nH]c3n1)nn2Cc1ccccc1F.Fc1cnc2c(c1)c(I)nn2Cc1ccccc1F. The Hall–Kier alpha value is -6.34. The highest BCUT2D eigenvalue weighted by Crippen LogP contribution is 2.27. The molecular formula is C38H24ClF4IN12. The largest absolute Gasteiger partial charge is 0.346 e. The van der Waals surface area contributed by atoms with Gasteiger partial charge in [0.25, 0.3) is 0 Å². The Morgan fingerprint density at radius 2 is 1.14 bits per heavy atom. The van der Waals surface area contributed by atoms with Crippen LogP contribution in [0.15, 0.2) is 110 Å². The fourth-order valence-corrected chi connectivity index (χ4v) is 6.55. The molecule has 0 amide bonds. The van der Waals surface area contributed by atoms with E-state index < -0.39 is 11.6 Å². The van der Waals surface area contributed by atoms with Crippen LogP contribution in [0.1, 0.15) is 11.1 Å². The molecule has 10 rings (SSSR count). The molecule has 0 spiro atoms.